The van der Waals surface area contributed by atoms with E-state index >= 15 is 0 Å². The van der Waals surface area contributed by atoms with Crippen LogP contribution in [0, 0.1) is 0 Å². The maximum Gasteiger partial charge on any atom is 0.0625 e. The summed E-state index contributed by atoms with van der Waals surface area (Å²) in [6.45, 7) is 8.37. The molecule has 4 nitrogen and oxygen atoms in total. The molecule has 0 spiro atoms. The number of hydrogen-bond acceptors (Lipinski definition) is 3. The number of nitrogens with zero attached hydrogens (tertiary/aromatic N) is 3. The third kappa shape index (κ3) is 4.88. The first-order valence-electron chi connectivity index (χ1n) is 6.58. The van der Waals surface area contributed by atoms with E-state index in [9.17, 15) is 0 Å². The van der Waals surface area contributed by atoms with Crippen LogP contribution in [0.15, 0.2) is 6.07 Å². The van der Waals surface area contributed by atoms with Gasteiger partial charge in [0.25, 0.3) is 0 Å². The van der Waals surface area contributed by atoms with Crippen molar-refractivity contribution in [2.45, 2.75) is 39.8 Å². The molecule has 1 aromatic rings. The predicted molar refractivity (Wildman–Crippen MR) is 72.2 cm³/mol. The van der Waals surface area contributed by atoms with Gasteiger partial charge in [0.05, 0.1) is 11.4 Å². The smallest absolute Gasteiger partial charge is 0.0625 e. The largest absolute Gasteiger partial charge is 0.311 e. The lowest BCUT2D eigenvalue weighted by molar-refractivity contribution is 0.393. The third-order valence-electron chi connectivity index (χ3n) is 2.84. The van der Waals surface area contributed by atoms with Gasteiger partial charge in [0.15, 0.2) is 0 Å². The van der Waals surface area contributed by atoms with Crippen molar-refractivity contribution in [2.75, 3.05) is 27.2 Å². The molecular weight excluding hydrogens is 212 g/mol. The Morgan fingerprint density at radius 2 is 2.12 bits per heavy atom. The van der Waals surface area contributed by atoms with Crippen molar-refractivity contribution in [1.29, 1.82) is 0 Å². The molecule has 17 heavy (non-hydrogen) atoms. The molecule has 0 aliphatic rings. The van der Waals surface area contributed by atoms with Crippen LogP contribution in [0.3, 0.4) is 0 Å². The monoisotopic (exact) mass is 238 g/mol. The van der Waals surface area contributed by atoms with Gasteiger partial charge in [0, 0.05) is 13.1 Å². The van der Waals surface area contributed by atoms with Gasteiger partial charge in [-0.25, -0.2) is 0 Å². The van der Waals surface area contributed by atoms with Crippen molar-refractivity contribution in [1.82, 2.24) is 20.0 Å². The van der Waals surface area contributed by atoms with Gasteiger partial charge in [-0.1, -0.05) is 6.92 Å². The third-order valence-corrected chi connectivity index (χ3v) is 2.84. The molecule has 0 atom stereocenters. The average molecular weight is 238 g/mol. The fourth-order valence-corrected chi connectivity index (χ4v) is 1.84. The molecule has 1 aromatic heterocycles. The zero-order valence-corrected chi connectivity index (χ0v) is 11.7. The summed E-state index contributed by atoms with van der Waals surface area (Å²) in [5.74, 6) is 0. The number of nitrogens with one attached hydrogen (secondary N) is 1. The van der Waals surface area contributed by atoms with Gasteiger partial charge in [-0.2, -0.15) is 5.10 Å². The molecule has 0 aliphatic heterocycles. The van der Waals surface area contributed by atoms with Crippen LogP contribution in [0.5, 0.6) is 0 Å². The Balaban J connectivity index is 2.32. The lowest BCUT2D eigenvalue weighted by atomic mass is 10.3. The molecule has 0 saturated heterocycles. The first kappa shape index (κ1) is 14.2. The molecule has 0 aromatic carbocycles. The average Bonchev–Trinajstić information content (AvgIpc) is 2.70. The molecule has 0 amide bonds. The van der Waals surface area contributed by atoms with Gasteiger partial charge >= 0.3 is 0 Å². The van der Waals surface area contributed by atoms with Crippen molar-refractivity contribution < 1.29 is 0 Å². The first-order valence-corrected chi connectivity index (χ1v) is 6.58. The number of hydrogen-bond donors (Lipinski definition) is 1. The van der Waals surface area contributed by atoms with Gasteiger partial charge < -0.3 is 10.2 Å². The quantitative estimate of drug-likeness (QED) is 0.697. The van der Waals surface area contributed by atoms with Crippen LogP contribution >= 0.6 is 0 Å². The molecule has 0 radical (unpaired) electrons. The second kappa shape index (κ2) is 7.45. The van der Waals surface area contributed by atoms with E-state index in [-0.39, 0.29) is 0 Å². The van der Waals surface area contributed by atoms with Crippen LogP contribution in [-0.4, -0.2) is 41.9 Å². The fourth-order valence-electron chi connectivity index (χ4n) is 1.84. The molecule has 98 valence electrons. The van der Waals surface area contributed by atoms with Crippen molar-refractivity contribution in [2.24, 2.45) is 0 Å². The lowest BCUT2D eigenvalue weighted by Gasteiger charge is -2.10. The van der Waals surface area contributed by atoms with Gasteiger partial charge in [-0.05, 0) is 53.0 Å². The van der Waals surface area contributed by atoms with Crippen LogP contribution in [0.2, 0.25) is 0 Å². The maximum atomic E-state index is 4.54. The zero-order valence-electron chi connectivity index (χ0n) is 11.7. The normalized spacial score (nSPS) is 11.4. The summed E-state index contributed by atoms with van der Waals surface area (Å²) >= 11 is 0. The van der Waals surface area contributed by atoms with E-state index < -0.39 is 0 Å². The van der Waals surface area contributed by atoms with Crippen molar-refractivity contribution >= 4 is 0 Å². The van der Waals surface area contributed by atoms with Gasteiger partial charge in [-0.15, -0.1) is 0 Å². The zero-order chi connectivity index (χ0) is 12.7. The Hall–Kier alpha value is -0.870. The Labute approximate surface area is 105 Å². The van der Waals surface area contributed by atoms with E-state index in [0.717, 1.165) is 32.6 Å². The summed E-state index contributed by atoms with van der Waals surface area (Å²) in [6.07, 6.45) is 2.20. The Morgan fingerprint density at radius 1 is 1.35 bits per heavy atom. The summed E-state index contributed by atoms with van der Waals surface area (Å²) in [5, 5.41) is 8.02. The molecule has 1 N–H and O–H groups in total. The SMILES string of the molecule is CCc1cc(CNCCCN(C)C)n(CC)n1. The van der Waals surface area contributed by atoms with Gasteiger partial charge in [0.2, 0.25) is 0 Å². The molecule has 0 bridgehead atoms. The molecule has 0 saturated carbocycles. The van der Waals surface area contributed by atoms with Gasteiger partial charge in [0.1, 0.15) is 0 Å². The first-order chi connectivity index (χ1) is 8.17. The van der Waals surface area contributed by atoms with E-state index in [1.54, 1.807) is 0 Å². The Morgan fingerprint density at radius 3 is 2.71 bits per heavy atom. The van der Waals surface area contributed by atoms with Crippen LogP contribution in [0.4, 0.5) is 0 Å². The van der Waals surface area contributed by atoms with Crippen molar-refractivity contribution in [3.63, 3.8) is 0 Å². The number of aryl methyl sites for hydroxylation is 2. The molecule has 0 fully saturated rings. The highest BCUT2D eigenvalue weighted by molar-refractivity contribution is 5.10. The highest BCUT2D eigenvalue weighted by atomic mass is 15.3. The van der Waals surface area contributed by atoms with E-state index in [2.05, 4.69) is 54.0 Å². The summed E-state index contributed by atoms with van der Waals surface area (Å²) in [5.41, 5.74) is 2.49. The van der Waals surface area contributed by atoms with Gasteiger partial charge in [-0.3, -0.25) is 4.68 Å². The molecule has 0 aliphatic carbocycles. The topological polar surface area (TPSA) is 33.1 Å². The maximum absolute atomic E-state index is 4.54. The molecule has 0 unspecified atom stereocenters. The minimum atomic E-state index is 0.925. The van der Waals surface area contributed by atoms with E-state index in [0.29, 0.717) is 0 Å². The second-order valence-electron chi connectivity index (χ2n) is 4.63. The summed E-state index contributed by atoms with van der Waals surface area (Å²) in [4.78, 5) is 2.22. The number of rotatable bonds is 8. The summed E-state index contributed by atoms with van der Waals surface area (Å²) in [7, 11) is 4.22. The van der Waals surface area contributed by atoms with E-state index in [1.807, 2.05) is 0 Å². The van der Waals surface area contributed by atoms with Crippen LogP contribution in [0.25, 0.3) is 0 Å². The molecule has 1 heterocycles. The second-order valence-corrected chi connectivity index (χ2v) is 4.63. The van der Waals surface area contributed by atoms with Crippen LogP contribution in [-0.2, 0) is 19.5 Å². The van der Waals surface area contributed by atoms with Crippen molar-refractivity contribution in [3.8, 4) is 0 Å². The molecule has 4 heteroatoms. The highest BCUT2D eigenvalue weighted by Gasteiger charge is 2.04. The molecular formula is C13H26N4. The van der Waals surface area contributed by atoms with E-state index in [4.69, 9.17) is 0 Å². The highest BCUT2D eigenvalue weighted by Crippen LogP contribution is 2.05. The standard InChI is InChI=1S/C13H26N4/c1-5-12-10-13(17(6-2)15-12)11-14-8-7-9-16(3)4/h10,14H,5-9,11H2,1-4H3. The van der Waals surface area contributed by atoms with E-state index in [1.165, 1.54) is 17.8 Å². The fraction of sp³-hybridized carbons (Fsp3) is 0.769. The number of aromatic nitrogens is 2. The minimum Gasteiger partial charge on any atom is -0.311 e. The Kier molecular flexibility index (Phi) is 6.22. The van der Waals surface area contributed by atoms with Crippen LogP contribution < -0.4 is 5.32 Å². The predicted octanol–water partition coefficient (Wildman–Crippen LogP) is 1.51. The summed E-state index contributed by atoms with van der Waals surface area (Å²) in [6, 6.07) is 2.21. The molecule has 1 rings (SSSR count). The Bertz CT molecular complexity index is 317. The van der Waals surface area contributed by atoms with Crippen LogP contribution in [0.1, 0.15) is 31.7 Å². The van der Waals surface area contributed by atoms with Crippen molar-refractivity contribution in [3.05, 3.63) is 17.5 Å². The lowest BCUT2D eigenvalue weighted by Crippen LogP contribution is -2.22. The summed E-state index contributed by atoms with van der Waals surface area (Å²) < 4.78 is 2.10. The minimum absolute atomic E-state index is 0.925.